The van der Waals surface area contributed by atoms with Gasteiger partial charge in [-0.2, -0.15) is 0 Å². The van der Waals surface area contributed by atoms with E-state index >= 15 is 0 Å². The molecule has 1 aliphatic rings. The molecule has 32 heavy (non-hydrogen) atoms. The fraction of sp³-hybridized carbons (Fsp3) is 0.333. The van der Waals surface area contributed by atoms with Crippen molar-refractivity contribution in [3.8, 4) is 0 Å². The number of hydrogen-bond acceptors (Lipinski definition) is 6. The standard InChI is InChI=1S/C24H27FN6O/c1-16-15-22(29-21-9-5-6-12-26-21)30-23(27-16)18-10-13-31(14-11-18)24(32)17(2)28-20-8-4-3-7-19(20)25/h3-9,12,15,17-18,28H,10-11,13-14H2,1-2H3,(H,26,27,29,30)/t17-/m0/s1. The van der Waals surface area contributed by atoms with Crippen molar-refractivity contribution in [1.29, 1.82) is 0 Å². The van der Waals surface area contributed by atoms with Crippen LogP contribution in [0.2, 0.25) is 0 Å². The molecule has 4 rings (SSSR count). The van der Waals surface area contributed by atoms with Gasteiger partial charge < -0.3 is 15.5 Å². The van der Waals surface area contributed by atoms with Gasteiger partial charge in [-0.25, -0.2) is 19.3 Å². The van der Waals surface area contributed by atoms with Crippen LogP contribution in [0.3, 0.4) is 0 Å². The summed E-state index contributed by atoms with van der Waals surface area (Å²) in [5.41, 5.74) is 1.22. The highest BCUT2D eigenvalue weighted by atomic mass is 19.1. The predicted molar refractivity (Wildman–Crippen MR) is 122 cm³/mol. The highest BCUT2D eigenvalue weighted by Crippen LogP contribution is 2.28. The molecule has 7 nitrogen and oxygen atoms in total. The molecule has 0 unspecified atom stereocenters. The largest absolute Gasteiger partial charge is 0.372 e. The molecule has 0 saturated carbocycles. The van der Waals surface area contributed by atoms with Crippen molar-refractivity contribution in [2.24, 2.45) is 0 Å². The molecular formula is C24H27FN6O. The molecule has 1 fully saturated rings. The van der Waals surface area contributed by atoms with Gasteiger partial charge in [0.2, 0.25) is 5.91 Å². The fourth-order valence-corrected chi connectivity index (χ4v) is 3.91. The summed E-state index contributed by atoms with van der Waals surface area (Å²) in [6, 6.07) is 13.4. The van der Waals surface area contributed by atoms with E-state index in [4.69, 9.17) is 4.98 Å². The Balaban J connectivity index is 1.37. The highest BCUT2D eigenvalue weighted by Gasteiger charge is 2.28. The molecule has 2 N–H and O–H groups in total. The van der Waals surface area contributed by atoms with Gasteiger partial charge in [-0.05, 0) is 51.0 Å². The van der Waals surface area contributed by atoms with E-state index in [0.29, 0.717) is 24.6 Å². The Labute approximate surface area is 187 Å². The monoisotopic (exact) mass is 434 g/mol. The Hall–Kier alpha value is -3.55. The molecule has 3 heterocycles. The minimum atomic E-state index is -0.507. The minimum absolute atomic E-state index is 0.0330. The Kier molecular flexibility index (Phi) is 6.58. The summed E-state index contributed by atoms with van der Waals surface area (Å²) in [5.74, 6) is 2.01. The van der Waals surface area contributed by atoms with Crippen LogP contribution in [0.4, 0.5) is 21.7 Å². The minimum Gasteiger partial charge on any atom is -0.372 e. The summed E-state index contributed by atoms with van der Waals surface area (Å²) >= 11 is 0. The number of amides is 1. The van der Waals surface area contributed by atoms with E-state index in [1.54, 1.807) is 31.3 Å². The number of aromatic nitrogens is 3. The molecule has 166 valence electrons. The van der Waals surface area contributed by atoms with Crippen LogP contribution in [0.5, 0.6) is 0 Å². The van der Waals surface area contributed by atoms with E-state index in [2.05, 4.69) is 20.6 Å². The van der Waals surface area contributed by atoms with Crippen molar-refractivity contribution in [1.82, 2.24) is 19.9 Å². The maximum absolute atomic E-state index is 13.9. The zero-order valence-corrected chi connectivity index (χ0v) is 18.3. The molecule has 2 aromatic heterocycles. The van der Waals surface area contributed by atoms with Gasteiger partial charge in [0, 0.05) is 37.0 Å². The summed E-state index contributed by atoms with van der Waals surface area (Å²) in [6.07, 6.45) is 3.29. The van der Waals surface area contributed by atoms with E-state index in [1.165, 1.54) is 6.07 Å². The first kappa shape index (κ1) is 21.7. The van der Waals surface area contributed by atoms with Crippen molar-refractivity contribution in [3.63, 3.8) is 0 Å². The van der Waals surface area contributed by atoms with Gasteiger partial charge in [0.05, 0.1) is 5.69 Å². The molecule has 0 aliphatic carbocycles. The zero-order chi connectivity index (χ0) is 22.5. The first-order valence-electron chi connectivity index (χ1n) is 10.8. The van der Waals surface area contributed by atoms with E-state index in [1.807, 2.05) is 36.1 Å². The van der Waals surface area contributed by atoms with Gasteiger partial charge in [0.1, 0.15) is 29.3 Å². The number of hydrogen-bond donors (Lipinski definition) is 2. The van der Waals surface area contributed by atoms with Crippen molar-refractivity contribution in [2.75, 3.05) is 23.7 Å². The first-order chi connectivity index (χ1) is 15.5. The third-order valence-electron chi connectivity index (χ3n) is 5.58. The van der Waals surface area contributed by atoms with Crippen LogP contribution in [0.15, 0.2) is 54.7 Å². The van der Waals surface area contributed by atoms with Crippen LogP contribution < -0.4 is 10.6 Å². The molecule has 1 amide bonds. The molecule has 1 aromatic carbocycles. The lowest BCUT2D eigenvalue weighted by molar-refractivity contribution is -0.132. The number of likely N-dealkylation sites (tertiary alicyclic amines) is 1. The number of benzene rings is 1. The quantitative estimate of drug-likeness (QED) is 0.603. The van der Waals surface area contributed by atoms with Gasteiger partial charge in [0.15, 0.2) is 0 Å². The van der Waals surface area contributed by atoms with E-state index in [-0.39, 0.29) is 17.6 Å². The number of anilines is 3. The Morgan fingerprint density at radius 3 is 2.56 bits per heavy atom. The SMILES string of the molecule is Cc1cc(Nc2ccccn2)nc(C2CCN(C(=O)[C@H](C)Nc3ccccc3F)CC2)n1. The summed E-state index contributed by atoms with van der Waals surface area (Å²) in [6.45, 7) is 4.95. The number of pyridine rings is 1. The number of rotatable bonds is 6. The lowest BCUT2D eigenvalue weighted by Crippen LogP contribution is -2.45. The Morgan fingerprint density at radius 1 is 1.09 bits per heavy atom. The maximum atomic E-state index is 13.9. The van der Waals surface area contributed by atoms with Crippen LogP contribution >= 0.6 is 0 Å². The smallest absolute Gasteiger partial charge is 0.244 e. The maximum Gasteiger partial charge on any atom is 0.244 e. The first-order valence-corrected chi connectivity index (χ1v) is 10.8. The third-order valence-corrected chi connectivity index (χ3v) is 5.58. The van der Waals surface area contributed by atoms with Gasteiger partial charge in [-0.3, -0.25) is 4.79 Å². The van der Waals surface area contributed by atoms with Crippen molar-refractivity contribution >= 4 is 23.2 Å². The Bertz CT molecular complexity index is 1070. The second kappa shape index (κ2) is 9.72. The number of carbonyl (C=O) groups excluding carboxylic acids is 1. The molecule has 3 aromatic rings. The second-order valence-corrected chi connectivity index (χ2v) is 8.04. The van der Waals surface area contributed by atoms with Crippen LogP contribution in [0.25, 0.3) is 0 Å². The number of carbonyl (C=O) groups is 1. The summed E-state index contributed by atoms with van der Waals surface area (Å²) in [7, 11) is 0. The normalized spacial score (nSPS) is 15.3. The number of nitrogens with zero attached hydrogens (tertiary/aromatic N) is 4. The number of aryl methyl sites for hydroxylation is 1. The number of para-hydroxylation sites is 1. The topological polar surface area (TPSA) is 83.0 Å². The number of piperidine rings is 1. The number of nitrogens with one attached hydrogen (secondary N) is 2. The second-order valence-electron chi connectivity index (χ2n) is 8.04. The van der Waals surface area contributed by atoms with Crippen molar-refractivity contribution < 1.29 is 9.18 Å². The lowest BCUT2D eigenvalue weighted by atomic mass is 9.95. The van der Waals surface area contributed by atoms with E-state index < -0.39 is 6.04 Å². The van der Waals surface area contributed by atoms with E-state index in [9.17, 15) is 9.18 Å². The summed E-state index contributed by atoms with van der Waals surface area (Å²) < 4.78 is 13.9. The fourth-order valence-electron chi connectivity index (χ4n) is 3.91. The molecule has 0 bridgehead atoms. The molecule has 1 saturated heterocycles. The molecule has 0 radical (unpaired) electrons. The Morgan fingerprint density at radius 2 is 1.84 bits per heavy atom. The van der Waals surface area contributed by atoms with Crippen LogP contribution in [-0.4, -0.2) is 44.9 Å². The van der Waals surface area contributed by atoms with Gasteiger partial charge >= 0.3 is 0 Å². The van der Waals surface area contributed by atoms with Crippen LogP contribution in [0.1, 0.15) is 37.2 Å². The lowest BCUT2D eigenvalue weighted by Gasteiger charge is -2.33. The average molecular weight is 435 g/mol. The van der Waals surface area contributed by atoms with Gasteiger partial charge in [0.25, 0.3) is 0 Å². The molecule has 1 aliphatic heterocycles. The van der Waals surface area contributed by atoms with Crippen molar-refractivity contribution in [2.45, 2.75) is 38.6 Å². The summed E-state index contributed by atoms with van der Waals surface area (Å²) in [5, 5.41) is 6.21. The van der Waals surface area contributed by atoms with E-state index in [0.717, 1.165) is 30.2 Å². The molecule has 0 spiro atoms. The summed E-state index contributed by atoms with van der Waals surface area (Å²) in [4.78, 5) is 28.3. The average Bonchev–Trinajstić information content (AvgIpc) is 2.80. The molecule has 1 atom stereocenters. The molecular weight excluding hydrogens is 407 g/mol. The van der Waals surface area contributed by atoms with Crippen LogP contribution in [-0.2, 0) is 4.79 Å². The predicted octanol–water partition coefficient (Wildman–Crippen LogP) is 4.27. The third kappa shape index (κ3) is 5.19. The van der Waals surface area contributed by atoms with Gasteiger partial charge in [-0.1, -0.05) is 18.2 Å². The van der Waals surface area contributed by atoms with Crippen LogP contribution in [0, 0.1) is 12.7 Å². The zero-order valence-electron chi connectivity index (χ0n) is 18.3. The van der Waals surface area contributed by atoms with Crippen molar-refractivity contribution in [3.05, 3.63) is 72.1 Å². The molecule has 8 heteroatoms. The highest BCUT2D eigenvalue weighted by molar-refractivity contribution is 5.84. The van der Waals surface area contributed by atoms with Gasteiger partial charge in [-0.15, -0.1) is 0 Å². The number of halogens is 1.